The molecule has 1 unspecified atom stereocenters. The molecule has 0 aliphatic carbocycles. The van der Waals surface area contributed by atoms with Gasteiger partial charge in [0.05, 0.1) is 6.10 Å². The van der Waals surface area contributed by atoms with Crippen LogP contribution in [-0.4, -0.2) is 91.1 Å². The highest BCUT2D eigenvalue weighted by atomic mass is 16.6. The number of hydrogen-bond donors (Lipinski definition) is 1. The van der Waals surface area contributed by atoms with Crippen LogP contribution < -0.4 is 0 Å². The van der Waals surface area contributed by atoms with Crippen LogP contribution >= 0.6 is 0 Å². The molecule has 1 N–H and O–H groups in total. The predicted molar refractivity (Wildman–Crippen MR) is 288 cm³/mol. The molecule has 0 fully saturated rings. The van der Waals surface area contributed by atoms with E-state index in [1.165, 1.54) is 77.0 Å². The molecule has 0 saturated carbocycles. The Hall–Kier alpha value is -1.87. The van der Waals surface area contributed by atoms with Crippen molar-refractivity contribution in [2.75, 3.05) is 33.7 Å². The van der Waals surface area contributed by atoms with Crippen molar-refractivity contribution in [3.8, 4) is 0 Å². The highest BCUT2D eigenvalue weighted by molar-refractivity contribution is 5.70. The standard InChI is InChI=1S/C59H116N2O7/c1-8-13-17-29-42-54(43-30-18-14-9-2)66-57(63)48-35-27-23-21-25-33-46-56(68-59(65)61(52-39-50-60(6)7)51-38-37-41-53(62)40-12-5)47-34-26-22-24-28-36-49-58(64)67-55(44-31-19-15-10-3)45-32-20-16-11-4/h53-56,62H,8-52H2,1-7H3. The summed E-state index contributed by atoms with van der Waals surface area (Å²) in [5.41, 5.74) is 0. The lowest BCUT2D eigenvalue weighted by Gasteiger charge is -2.26. The topological polar surface area (TPSA) is 106 Å². The van der Waals surface area contributed by atoms with E-state index in [1.54, 1.807) is 0 Å². The number of ether oxygens (including phenoxy) is 3. The molecule has 0 saturated heterocycles. The highest BCUT2D eigenvalue weighted by Gasteiger charge is 2.21. The van der Waals surface area contributed by atoms with Crippen molar-refractivity contribution in [3.63, 3.8) is 0 Å². The van der Waals surface area contributed by atoms with Crippen molar-refractivity contribution in [2.24, 2.45) is 0 Å². The predicted octanol–water partition coefficient (Wildman–Crippen LogP) is 17.0. The molecule has 0 bridgehead atoms. The summed E-state index contributed by atoms with van der Waals surface area (Å²) in [6, 6.07) is 0. The van der Waals surface area contributed by atoms with Gasteiger partial charge < -0.3 is 29.1 Å². The number of carbonyl (C=O) groups is 3. The molecular weight excluding hydrogens is 849 g/mol. The lowest BCUT2D eigenvalue weighted by atomic mass is 10.0. The zero-order valence-corrected chi connectivity index (χ0v) is 46.4. The van der Waals surface area contributed by atoms with Crippen molar-refractivity contribution in [1.82, 2.24) is 9.80 Å². The summed E-state index contributed by atoms with van der Waals surface area (Å²) in [5, 5.41) is 10.3. The Morgan fingerprint density at radius 3 is 1.04 bits per heavy atom. The van der Waals surface area contributed by atoms with Gasteiger partial charge in [-0.3, -0.25) is 9.59 Å². The monoisotopic (exact) mass is 965 g/mol. The fraction of sp³-hybridized carbons (Fsp3) is 0.949. The fourth-order valence-corrected chi connectivity index (χ4v) is 9.42. The molecule has 0 aliphatic heterocycles. The minimum Gasteiger partial charge on any atom is -0.462 e. The number of rotatable bonds is 52. The molecule has 0 aliphatic rings. The second kappa shape index (κ2) is 50.1. The molecule has 0 aromatic heterocycles. The lowest BCUT2D eigenvalue weighted by molar-refractivity contribution is -0.151. The van der Waals surface area contributed by atoms with E-state index < -0.39 is 0 Å². The Bertz CT molecular complexity index is 1020. The number of nitrogens with zero attached hydrogens (tertiary/aromatic N) is 2. The third-order valence-corrected chi connectivity index (χ3v) is 13.8. The number of aliphatic hydroxyl groups is 1. The van der Waals surface area contributed by atoms with Gasteiger partial charge in [-0.25, -0.2) is 4.79 Å². The van der Waals surface area contributed by atoms with E-state index in [9.17, 15) is 19.5 Å². The van der Waals surface area contributed by atoms with Crippen molar-refractivity contribution in [2.45, 2.75) is 329 Å². The number of unbranched alkanes of at least 4 members (excludes halogenated alkanes) is 23. The summed E-state index contributed by atoms with van der Waals surface area (Å²) in [6.45, 7) is 13.3. The number of carbonyl (C=O) groups excluding carboxylic acids is 3. The maximum atomic E-state index is 13.8. The summed E-state index contributed by atoms with van der Waals surface area (Å²) in [7, 11) is 4.14. The number of aliphatic hydroxyl groups excluding tert-OH is 1. The maximum absolute atomic E-state index is 13.8. The van der Waals surface area contributed by atoms with Crippen LogP contribution in [0.4, 0.5) is 4.79 Å². The minimum absolute atomic E-state index is 0.0134. The number of hydrogen-bond acceptors (Lipinski definition) is 8. The molecular formula is C59H116N2O7. The molecule has 0 radical (unpaired) electrons. The van der Waals surface area contributed by atoms with E-state index in [2.05, 4.69) is 53.6 Å². The Morgan fingerprint density at radius 2 is 0.676 bits per heavy atom. The van der Waals surface area contributed by atoms with E-state index in [1.807, 2.05) is 4.90 Å². The first-order chi connectivity index (χ1) is 33.1. The van der Waals surface area contributed by atoms with Gasteiger partial charge in [0.2, 0.25) is 0 Å². The first kappa shape index (κ1) is 66.1. The summed E-state index contributed by atoms with van der Waals surface area (Å²) >= 11 is 0. The number of esters is 2. The summed E-state index contributed by atoms with van der Waals surface area (Å²) in [6.07, 6.45) is 43.8. The smallest absolute Gasteiger partial charge is 0.410 e. The third-order valence-electron chi connectivity index (χ3n) is 13.8. The zero-order valence-electron chi connectivity index (χ0n) is 46.4. The SMILES string of the molecule is CCCCCCC(CCCCCC)OC(=O)CCCCCCCCC(CCCCCCCCC(=O)OC(CCCCCC)CCCCCC)OC(=O)N(CCCCC(O)CCC)CCCN(C)C. The second-order valence-electron chi connectivity index (χ2n) is 21.0. The Morgan fingerprint density at radius 1 is 0.353 bits per heavy atom. The molecule has 9 nitrogen and oxygen atoms in total. The van der Waals surface area contributed by atoms with Gasteiger partial charge in [-0.15, -0.1) is 0 Å². The van der Waals surface area contributed by atoms with Gasteiger partial charge in [-0.2, -0.15) is 0 Å². The van der Waals surface area contributed by atoms with E-state index >= 15 is 0 Å². The molecule has 1 atom stereocenters. The van der Waals surface area contributed by atoms with Crippen LogP contribution in [0.25, 0.3) is 0 Å². The van der Waals surface area contributed by atoms with Crippen molar-refractivity contribution in [1.29, 1.82) is 0 Å². The fourth-order valence-electron chi connectivity index (χ4n) is 9.42. The van der Waals surface area contributed by atoms with Crippen LogP contribution in [-0.2, 0) is 23.8 Å². The van der Waals surface area contributed by atoms with Gasteiger partial charge in [0.15, 0.2) is 0 Å². The van der Waals surface area contributed by atoms with Crippen molar-refractivity contribution >= 4 is 18.0 Å². The van der Waals surface area contributed by atoms with Crippen molar-refractivity contribution in [3.05, 3.63) is 0 Å². The van der Waals surface area contributed by atoms with Crippen LogP contribution in [0.15, 0.2) is 0 Å². The van der Waals surface area contributed by atoms with E-state index in [-0.39, 0.29) is 42.4 Å². The van der Waals surface area contributed by atoms with Gasteiger partial charge >= 0.3 is 18.0 Å². The van der Waals surface area contributed by atoms with E-state index in [4.69, 9.17) is 14.2 Å². The summed E-state index contributed by atoms with van der Waals surface area (Å²) in [5.74, 6) is -0.0269. The Labute approximate surface area is 422 Å². The van der Waals surface area contributed by atoms with Gasteiger partial charge in [0, 0.05) is 25.9 Å². The largest absolute Gasteiger partial charge is 0.462 e. The third kappa shape index (κ3) is 44.1. The molecule has 68 heavy (non-hydrogen) atoms. The van der Waals surface area contributed by atoms with Crippen LogP contribution in [0.5, 0.6) is 0 Å². The molecule has 0 aromatic rings. The normalized spacial score (nSPS) is 12.2. The van der Waals surface area contributed by atoms with Crippen LogP contribution in [0.3, 0.4) is 0 Å². The average molecular weight is 966 g/mol. The highest BCUT2D eigenvalue weighted by Crippen LogP contribution is 2.22. The van der Waals surface area contributed by atoms with Gasteiger partial charge in [0.1, 0.15) is 18.3 Å². The van der Waals surface area contributed by atoms with Crippen LogP contribution in [0.2, 0.25) is 0 Å². The maximum Gasteiger partial charge on any atom is 0.410 e. The van der Waals surface area contributed by atoms with E-state index in [0.717, 1.165) is 186 Å². The number of amides is 1. The van der Waals surface area contributed by atoms with Crippen LogP contribution in [0, 0.1) is 0 Å². The first-order valence-electron chi connectivity index (χ1n) is 29.8. The van der Waals surface area contributed by atoms with Crippen LogP contribution in [0.1, 0.15) is 304 Å². The molecule has 404 valence electrons. The molecule has 0 spiro atoms. The molecule has 1 amide bonds. The zero-order chi connectivity index (χ0) is 50.1. The summed E-state index contributed by atoms with van der Waals surface area (Å²) in [4.78, 5) is 43.5. The van der Waals surface area contributed by atoms with Gasteiger partial charge in [-0.1, -0.05) is 169 Å². The molecule has 0 aromatic carbocycles. The summed E-state index contributed by atoms with van der Waals surface area (Å²) < 4.78 is 18.4. The Balaban J connectivity index is 5.08. The average Bonchev–Trinajstić information content (AvgIpc) is 3.31. The van der Waals surface area contributed by atoms with Crippen molar-refractivity contribution < 1.29 is 33.7 Å². The Kier molecular flexibility index (Phi) is 48.7. The first-order valence-corrected chi connectivity index (χ1v) is 29.8. The van der Waals surface area contributed by atoms with Gasteiger partial charge in [-0.05, 0) is 143 Å². The van der Waals surface area contributed by atoms with Gasteiger partial charge in [0.25, 0.3) is 0 Å². The second-order valence-corrected chi connectivity index (χ2v) is 21.0. The van der Waals surface area contributed by atoms with E-state index in [0.29, 0.717) is 25.9 Å². The molecule has 0 heterocycles. The molecule has 0 rings (SSSR count). The minimum atomic E-state index is -0.258. The lowest BCUT2D eigenvalue weighted by Crippen LogP contribution is -2.37. The molecule has 9 heteroatoms. The quantitative estimate of drug-likeness (QED) is 0.0365.